The van der Waals surface area contributed by atoms with E-state index in [1.165, 1.54) is 23.1 Å². The highest BCUT2D eigenvalue weighted by molar-refractivity contribution is 8.00. The molecule has 0 N–H and O–H groups in total. The largest absolute Gasteiger partial charge is 0.497 e. The molecule has 1 atom stereocenters. The van der Waals surface area contributed by atoms with Crippen LogP contribution in [0.15, 0.2) is 42.5 Å². The summed E-state index contributed by atoms with van der Waals surface area (Å²) in [6, 6.07) is 12.9. The molecule has 4 rings (SSSR count). The van der Waals surface area contributed by atoms with E-state index < -0.39 is 0 Å². The zero-order valence-electron chi connectivity index (χ0n) is 14.1. The molecule has 1 amide bonds. The van der Waals surface area contributed by atoms with Gasteiger partial charge in [-0.1, -0.05) is 40.6 Å². The predicted octanol–water partition coefficient (Wildman–Crippen LogP) is 5.30. The Morgan fingerprint density at radius 2 is 1.93 bits per heavy atom. The van der Waals surface area contributed by atoms with Crippen molar-refractivity contribution in [3.05, 3.63) is 58.1 Å². The molecular weight excluding hydrogens is 425 g/mol. The molecule has 1 aliphatic rings. The van der Waals surface area contributed by atoms with Crippen molar-refractivity contribution >= 4 is 57.3 Å². The first-order valence-electron chi connectivity index (χ1n) is 7.93. The number of benzene rings is 2. The van der Waals surface area contributed by atoms with Gasteiger partial charge in [0.1, 0.15) is 16.1 Å². The van der Waals surface area contributed by atoms with Gasteiger partial charge in [-0.15, -0.1) is 22.0 Å². The van der Waals surface area contributed by atoms with E-state index in [0.29, 0.717) is 20.9 Å². The lowest BCUT2D eigenvalue weighted by Gasteiger charge is -2.21. The zero-order chi connectivity index (χ0) is 19.0. The normalized spacial score (nSPS) is 16.8. The van der Waals surface area contributed by atoms with E-state index in [1.54, 1.807) is 24.1 Å². The number of rotatable bonds is 4. The van der Waals surface area contributed by atoms with Gasteiger partial charge < -0.3 is 4.74 Å². The maximum atomic E-state index is 12.5. The van der Waals surface area contributed by atoms with Crippen molar-refractivity contribution in [2.45, 2.75) is 5.37 Å². The molecule has 0 saturated carbocycles. The number of methoxy groups -OCH3 is 1. The van der Waals surface area contributed by atoms with E-state index in [2.05, 4.69) is 10.2 Å². The first-order chi connectivity index (χ1) is 13.1. The summed E-state index contributed by atoms with van der Waals surface area (Å²) in [5, 5.41) is 10.6. The number of carbonyl (C=O) groups excluding carboxylic acids is 1. The number of nitrogens with zero attached hydrogens (tertiary/aromatic N) is 3. The van der Waals surface area contributed by atoms with E-state index in [0.717, 1.165) is 21.9 Å². The number of thioether (sulfide) groups is 1. The number of carbonyl (C=O) groups is 1. The Kier molecular flexibility index (Phi) is 5.27. The molecule has 0 aliphatic carbocycles. The fourth-order valence-electron chi connectivity index (χ4n) is 2.73. The summed E-state index contributed by atoms with van der Waals surface area (Å²) >= 11 is 15.2. The molecule has 3 aromatic rings. The maximum Gasteiger partial charge on any atom is 0.240 e. The van der Waals surface area contributed by atoms with Crippen LogP contribution in [-0.2, 0) is 4.79 Å². The summed E-state index contributed by atoms with van der Waals surface area (Å²) < 4.78 is 5.18. The van der Waals surface area contributed by atoms with Crippen LogP contribution in [0.3, 0.4) is 0 Å². The molecule has 1 saturated heterocycles. The molecule has 0 bridgehead atoms. The molecule has 1 fully saturated rings. The van der Waals surface area contributed by atoms with Gasteiger partial charge in [-0.05, 0) is 36.4 Å². The number of aromatic nitrogens is 2. The van der Waals surface area contributed by atoms with E-state index >= 15 is 0 Å². The molecule has 5 nitrogen and oxygen atoms in total. The molecule has 0 radical (unpaired) electrons. The Hall–Kier alpha value is -1.80. The van der Waals surface area contributed by atoms with Gasteiger partial charge in [0.25, 0.3) is 0 Å². The summed E-state index contributed by atoms with van der Waals surface area (Å²) in [4.78, 5) is 14.2. The van der Waals surface area contributed by atoms with Crippen LogP contribution in [0.25, 0.3) is 10.6 Å². The van der Waals surface area contributed by atoms with Crippen LogP contribution in [0, 0.1) is 0 Å². The van der Waals surface area contributed by atoms with Gasteiger partial charge in [-0.2, -0.15) is 0 Å². The highest BCUT2D eigenvalue weighted by Crippen LogP contribution is 2.45. The molecule has 138 valence electrons. The van der Waals surface area contributed by atoms with E-state index in [1.807, 2.05) is 30.3 Å². The van der Waals surface area contributed by atoms with E-state index in [9.17, 15) is 4.79 Å². The van der Waals surface area contributed by atoms with Gasteiger partial charge >= 0.3 is 0 Å². The molecule has 27 heavy (non-hydrogen) atoms. The molecule has 2 aromatic carbocycles. The second kappa shape index (κ2) is 7.67. The first kappa shape index (κ1) is 18.6. The summed E-state index contributed by atoms with van der Waals surface area (Å²) in [6.45, 7) is 0. The van der Waals surface area contributed by atoms with Gasteiger partial charge in [0.2, 0.25) is 11.0 Å². The van der Waals surface area contributed by atoms with Gasteiger partial charge in [0, 0.05) is 21.2 Å². The van der Waals surface area contributed by atoms with Crippen molar-refractivity contribution in [1.82, 2.24) is 10.2 Å². The molecule has 9 heteroatoms. The number of anilines is 1. The lowest BCUT2D eigenvalue weighted by Crippen LogP contribution is -2.27. The Bertz CT molecular complexity index is 995. The monoisotopic (exact) mass is 437 g/mol. The van der Waals surface area contributed by atoms with Gasteiger partial charge in [-0.25, -0.2) is 0 Å². The third-order valence-corrected chi connectivity index (χ3v) is 6.78. The number of ether oxygens (including phenoxy) is 1. The topological polar surface area (TPSA) is 55.3 Å². The Labute approximate surface area is 174 Å². The van der Waals surface area contributed by atoms with Gasteiger partial charge in [0.05, 0.1) is 12.9 Å². The van der Waals surface area contributed by atoms with Crippen molar-refractivity contribution in [2.75, 3.05) is 17.8 Å². The number of amides is 1. The van der Waals surface area contributed by atoms with Crippen molar-refractivity contribution in [3.63, 3.8) is 0 Å². The minimum atomic E-state index is -0.251. The maximum absolute atomic E-state index is 12.5. The standard InChI is InChI=1S/C18H13Cl2N3O2S2/c1-25-12-5-2-10(3-6-12)16-21-22-18(27-16)23-15(24)9-26-17(23)13-7-4-11(19)8-14(13)20/h2-8,17H,9H2,1H3/t17-/m0/s1. The van der Waals surface area contributed by atoms with Gasteiger partial charge in [0.15, 0.2) is 0 Å². The van der Waals surface area contributed by atoms with E-state index in [-0.39, 0.29) is 11.3 Å². The van der Waals surface area contributed by atoms with Crippen molar-refractivity contribution < 1.29 is 9.53 Å². The van der Waals surface area contributed by atoms with E-state index in [4.69, 9.17) is 27.9 Å². The molecule has 2 heterocycles. The third kappa shape index (κ3) is 3.65. The zero-order valence-corrected chi connectivity index (χ0v) is 17.2. The minimum absolute atomic E-state index is 0.0200. The van der Waals surface area contributed by atoms with Crippen LogP contribution in [-0.4, -0.2) is 29.0 Å². The highest BCUT2D eigenvalue weighted by atomic mass is 35.5. The summed E-state index contributed by atoms with van der Waals surface area (Å²) in [5.74, 6) is 1.11. The van der Waals surface area contributed by atoms with Crippen LogP contribution < -0.4 is 9.64 Å². The quantitative estimate of drug-likeness (QED) is 0.554. The van der Waals surface area contributed by atoms with Crippen molar-refractivity contribution in [1.29, 1.82) is 0 Å². The summed E-state index contributed by atoms with van der Waals surface area (Å²) in [6.07, 6.45) is 0. The molecule has 0 unspecified atom stereocenters. The lowest BCUT2D eigenvalue weighted by atomic mass is 10.2. The second-order valence-corrected chi connectivity index (χ2v) is 8.58. The third-order valence-electron chi connectivity index (χ3n) is 4.05. The number of hydrogen-bond donors (Lipinski definition) is 0. The number of halogens is 2. The Morgan fingerprint density at radius 1 is 1.15 bits per heavy atom. The first-order valence-corrected chi connectivity index (χ1v) is 10.6. The predicted molar refractivity (Wildman–Crippen MR) is 111 cm³/mol. The molecule has 1 aliphatic heterocycles. The minimum Gasteiger partial charge on any atom is -0.497 e. The average Bonchev–Trinajstić information content (AvgIpc) is 3.28. The summed E-state index contributed by atoms with van der Waals surface area (Å²) in [7, 11) is 1.62. The Balaban J connectivity index is 1.66. The van der Waals surface area contributed by atoms with Gasteiger partial charge in [-0.3, -0.25) is 9.69 Å². The smallest absolute Gasteiger partial charge is 0.240 e. The van der Waals surface area contributed by atoms with Crippen LogP contribution in [0.2, 0.25) is 10.0 Å². The van der Waals surface area contributed by atoms with Crippen LogP contribution >= 0.6 is 46.3 Å². The van der Waals surface area contributed by atoms with Crippen LogP contribution in [0.1, 0.15) is 10.9 Å². The number of hydrogen-bond acceptors (Lipinski definition) is 6. The highest BCUT2D eigenvalue weighted by Gasteiger charge is 2.37. The SMILES string of the molecule is COc1ccc(-c2nnc(N3C(=O)CS[C@H]3c3ccc(Cl)cc3Cl)s2)cc1. The fourth-order valence-corrected chi connectivity index (χ4v) is 5.46. The van der Waals surface area contributed by atoms with Crippen molar-refractivity contribution in [2.24, 2.45) is 0 Å². The fraction of sp³-hybridized carbons (Fsp3) is 0.167. The second-order valence-electron chi connectivity index (χ2n) is 5.71. The molecule has 0 spiro atoms. The van der Waals surface area contributed by atoms with Crippen molar-refractivity contribution in [3.8, 4) is 16.3 Å². The Morgan fingerprint density at radius 3 is 2.63 bits per heavy atom. The van der Waals surface area contributed by atoms with Crippen LogP contribution in [0.5, 0.6) is 5.75 Å². The average molecular weight is 438 g/mol. The summed E-state index contributed by atoms with van der Waals surface area (Å²) in [5.41, 5.74) is 1.75. The molecular formula is C18H13Cl2N3O2S2. The lowest BCUT2D eigenvalue weighted by molar-refractivity contribution is -0.115. The van der Waals surface area contributed by atoms with Crippen LogP contribution in [0.4, 0.5) is 5.13 Å². The molecule has 1 aromatic heterocycles.